The van der Waals surface area contributed by atoms with Crippen LogP contribution in [0.4, 0.5) is 0 Å². The van der Waals surface area contributed by atoms with Gasteiger partial charge in [0.15, 0.2) is 0 Å². The van der Waals surface area contributed by atoms with Crippen molar-refractivity contribution in [2.45, 2.75) is 47.5 Å². The zero-order valence-electron chi connectivity index (χ0n) is 11.1. The molecule has 0 amide bonds. The quantitative estimate of drug-likeness (QED) is 0.753. The molecule has 0 aromatic heterocycles. The molecular weight excluding hydrogens is 196 g/mol. The molecule has 0 bridgehead atoms. The zero-order chi connectivity index (χ0) is 12.3. The van der Waals surface area contributed by atoms with Gasteiger partial charge in [-0.05, 0) is 37.0 Å². The van der Waals surface area contributed by atoms with Crippen LogP contribution in [-0.4, -0.2) is 5.78 Å². The average molecular weight is 218 g/mol. The third-order valence-electron chi connectivity index (χ3n) is 3.08. The molecule has 0 saturated heterocycles. The van der Waals surface area contributed by atoms with Crippen molar-refractivity contribution in [3.05, 3.63) is 34.9 Å². The summed E-state index contributed by atoms with van der Waals surface area (Å²) < 4.78 is 0. The van der Waals surface area contributed by atoms with E-state index in [1.54, 1.807) is 0 Å². The Morgan fingerprint density at radius 2 is 1.62 bits per heavy atom. The second-order valence-electron chi connectivity index (χ2n) is 5.54. The zero-order valence-corrected chi connectivity index (χ0v) is 11.1. The molecule has 0 aliphatic rings. The van der Waals surface area contributed by atoms with Gasteiger partial charge in [0.2, 0.25) is 0 Å². The number of aryl methyl sites for hydroxylation is 2. The highest BCUT2D eigenvalue weighted by Gasteiger charge is 2.20. The van der Waals surface area contributed by atoms with E-state index in [0.29, 0.717) is 12.2 Å². The standard InChI is InChI=1S/C15H22O/c1-11-7-6-8-12(2)13(11)9-10-14(16)15(3,4)5/h6-8H,9-10H2,1-5H3. The Kier molecular flexibility index (Phi) is 3.90. The van der Waals surface area contributed by atoms with Gasteiger partial charge in [-0.25, -0.2) is 0 Å². The Balaban J connectivity index is 2.73. The van der Waals surface area contributed by atoms with Crippen LogP contribution in [0.25, 0.3) is 0 Å². The number of hydrogen-bond acceptors (Lipinski definition) is 1. The topological polar surface area (TPSA) is 17.1 Å². The van der Waals surface area contributed by atoms with Gasteiger partial charge >= 0.3 is 0 Å². The minimum Gasteiger partial charge on any atom is -0.299 e. The fourth-order valence-corrected chi connectivity index (χ4v) is 1.86. The number of carbonyl (C=O) groups excluding carboxylic acids is 1. The Labute approximate surface area is 98.9 Å². The van der Waals surface area contributed by atoms with Gasteiger partial charge in [-0.2, -0.15) is 0 Å². The maximum absolute atomic E-state index is 11.9. The molecule has 0 atom stereocenters. The van der Waals surface area contributed by atoms with Crippen LogP contribution in [0.3, 0.4) is 0 Å². The van der Waals surface area contributed by atoms with Crippen molar-refractivity contribution in [3.63, 3.8) is 0 Å². The van der Waals surface area contributed by atoms with Gasteiger partial charge in [-0.3, -0.25) is 4.79 Å². The minimum atomic E-state index is -0.212. The number of hydrogen-bond donors (Lipinski definition) is 0. The maximum Gasteiger partial charge on any atom is 0.138 e. The average Bonchev–Trinajstić information content (AvgIpc) is 2.15. The van der Waals surface area contributed by atoms with E-state index >= 15 is 0 Å². The normalized spacial score (nSPS) is 11.6. The van der Waals surface area contributed by atoms with Gasteiger partial charge in [0.1, 0.15) is 5.78 Å². The molecule has 1 heteroatoms. The van der Waals surface area contributed by atoms with Crippen molar-refractivity contribution in [3.8, 4) is 0 Å². The lowest BCUT2D eigenvalue weighted by molar-refractivity contribution is -0.126. The third-order valence-corrected chi connectivity index (χ3v) is 3.08. The Morgan fingerprint density at radius 1 is 1.12 bits per heavy atom. The van der Waals surface area contributed by atoms with Gasteiger partial charge in [0, 0.05) is 11.8 Å². The summed E-state index contributed by atoms with van der Waals surface area (Å²) >= 11 is 0. The van der Waals surface area contributed by atoms with E-state index in [4.69, 9.17) is 0 Å². The lowest BCUT2D eigenvalue weighted by Crippen LogP contribution is -2.20. The first-order chi connectivity index (χ1) is 7.32. The lowest BCUT2D eigenvalue weighted by Gasteiger charge is -2.17. The van der Waals surface area contributed by atoms with Crippen LogP contribution in [0, 0.1) is 19.3 Å². The van der Waals surface area contributed by atoms with E-state index < -0.39 is 0 Å². The highest BCUT2D eigenvalue weighted by molar-refractivity contribution is 5.83. The fourth-order valence-electron chi connectivity index (χ4n) is 1.86. The predicted octanol–water partition coefficient (Wildman–Crippen LogP) is 3.85. The van der Waals surface area contributed by atoms with Crippen LogP contribution in [0.5, 0.6) is 0 Å². The summed E-state index contributed by atoms with van der Waals surface area (Å²) in [4.78, 5) is 11.9. The molecule has 0 heterocycles. The predicted molar refractivity (Wildman–Crippen MR) is 68.7 cm³/mol. The van der Waals surface area contributed by atoms with Crippen LogP contribution >= 0.6 is 0 Å². The highest BCUT2D eigenvalue weighted by Crippen LogP contribution is 2.21. The van der Waals surface area contributed by atoms with Gasteiger partial charge < -0.3 is 0 Å². The van der Waals surface area contributed by atoms with E-state index in [1.807, 2.05) is 20.8 Å². The summed E-state index contributed by atoms with van der Waals surface area (Å²) in [5.41, 5.74) is 3.71. The summed E-state index contributed by atoms with van der Waals surface area (Å²) in [5.74, 6) is 0.343. The van der Waals surface area contributed by atoms with E-state index in [1.165, 1.54) is 16.7 Å². The Bertz CT molecular complexity index is 363. The molecule has 88 valence electrons. The molecule has 0 radical (unpaired) electrons. The van der Waals surface area contributed by atoms with Crippen LogP contribution in [-0.2, 0) is 11.2 Å². The number of Topliss-reactive ketones (excluding diaryl/α,β-unsaturated/α-hetero) is 1. The molecule has 0 aliphatic heterocycles. The number of benzene rings is 1. The molecule has 1 nitrogen and oxygen atoms in total. The van der Waals surface area contributed by atoms with Crippen molar-refractivity contribution in [2.24, 2.45) is 5.41 Å². The van der Waals surface area contributed by atoms with E-state index in [9.17, 15) is 4.79 Å². The summed E-state index contributed by atoms with van der Waals surface area (Å²) in [6, 6.07) is 6.30. The van der Waals surface area contributed by atoms with Gasteiger partial charge in [0.05, 0.1) is 0 Å². The molecule has 16 heavy (non-hydrogen) atoms. The second kappa shape index (κ2) is 4.82. The monoisotopic (exact) mass is 218 g/mol. The molecule has 1 aromatic carbocycles. The molecule has 0 saturated carbocycles. The van der Waals surface area contributed by atoms with Crippen LogP contribution in [0.1, 0.15) is 43.9 Å². The van der Waals surface area contributed by atoms with Crippen LogP contribution < -0.4 is 0 Å². The smallest absolute Gasteiger partial charge is 0.138 e. The van der Waals surface area contributed by atoms with Crippen molar-refractivity contribution >= 4 is 5.78 Å². The Morgan fingerprint density at radius 3 is 2.06 bits per heavy atom. The summed E-state index contributed by atoms with van der Waals surface area (Å²) in [7, 11) is 0. The van der Waals surface area contributed by atoms with Gasteiger partial charge in [-0.15, -0.1) is 0 Å². The van der Waals surface area contributed by atoms with Crippen LogP contribution in [0.15, 0.2) is 18.2 Å². The van der Waals surface area contributed by atoms with Crippen molar-refractivity contribution in [1.82, 2.24) is 0 Å². The minimum absolute atomic E-state index is 0.212. The first-order valence-corrected chi connectivity index (χ1v) is 5.91. The van der Waals surface area contributed by atoms with Gasteiger partial charge in [-0.1, -0.05) is 39.0 Å². The molecule has 0 unspecified atom stereocenters. The lowest BCUT2D eigenvalue weighted by atomic mass is 9.86. The molecule has 0 N–H and O–H groups in total. The molecule has 0 spiro atoms. The second-order valence-corrected chi connectivity index (χ2v) is 5.54. The van der Waals surface area contributed by atoms with E-state index in [0.717, 1.165) is 6.42 Å². The van der Waals surface area contributed by atoms with Crippen molar-refractivity contribution in [1.29, 1.82) is 0 Å². The summed E-state index contributed by atoms with van der Waals surface area (Å²) in [5, 5.41) is 0. The fraction of sp³-hybridized carbons (Fsp3) is 0.533. The SMILES string of the molecule is Cc1cccc(C)c1CCC(=O)C(C)(C)C. The molecular formula is C15H22O. The number of ketones is 1. The molecule has 0 aliphatic carbocycles. The molecule has 0 fully saturated rings. The Hall–Kier alpha value is -1.11. The largest absolute Gasteiger partial charge is 0.299 e. The van der Waals surface area contributed by atoms with Crippen molar-refractivity contribution < 1.29 is 4.79 Å². The van der Waals surface area contributed by atoms with Gasteiger partial charge in [0.25, 0.3) is 0 Å². The van der Waals surface area contributed by atoms with Crippen molar-refractivity contribution in [2.75, 3.05) is 0 Å². The number of rotatable bonds is 3. The summed E-state index contributed by atoms with van der Waals surface area (Å²) in [6.07, 6.45) is 1.52. The summed E-state index contributed by atoms with van der Waals surface area (Å²) in [6.45, 7) is 10.2. The maximum atomic E-state index is 11.9. The van der Waals surface area contributed by atoms with Crippen LogP contribution in [0.2, 0.25) is 0 Å². The van der Waals surface area contributed by atoms with E-state index in [-0.39, 0.29) is 5.41 Å². The molecule has 1 rings (SSSR count). The molecule has 1 aromatic rings. The van der Waals surface area contributed by atoms with E-state index in [2.05, 4.69) is 32.0 Å². The highest BCUT2D eigenvalue weighted by atomic mass is 16.1. The number of carbonyl (C=O) groups is 1. The third kappa shape index (κ3) is 3.19. The first kappa shape index (κ1) is 13.0. The first-order valence-electron chi connectivity index (χ1n) is 5.91.